The van der Waals surface area contributed by atoms with Crippen molar-refractivity contribution in [3.8, 4) is 11.3 Å². The van der Waals surface area contributed by atoms with Gasteiger partial charge in [-0.05, 0) is 37.1 Å². The van der Waals surface area contributed by atoms with E-state index in [9.17, 15) is 0 Å². The highest BCUT2D eigenvalue weighted by Gasteiger charge is 2.24. The molecular formula is C19H21N5. The summed E-state index contributed by atoms with van der Waals surface area (Å²) >= 11 is 0. The van der Waals surface area contributed by atoms with E-state index >= 15 is 0 Å². The number of anilines is 1. The maximum Gasteiger partial charge on any atom is 0.0960 e. The van der Waals surface area contributed by atoms with Crippen molar-refractivity contribution in [2.45, 2.75) is 18.9 Å². The molecule has 1 saturated carbocycles. The normalized spacial score (nSPS) is 18.2. The topological polar surface area (TPSA) is 46.0 Å². The van der Waals surface area contributed by atoms with Gasteiger partial charge in [-0.25, -0.2) is 4.98 Å². The molecule has 1 N–H and O–H groups in total. The molecule has 0 bridgehead atoms. The molecule has 2 aliphatic rings. The zero-order valence-electron chi connectivity index (χ0n) is 13.7. The van der Waals surface area contributed by atoms with Crippen molar-refractivity contribution in [3.05, 3.63) is 42.9 Å². The molecule has 5 heteroatoms. The average molecular weight is 319 g/mol. The summed E-state index contributed by atoms with van der Waals surface area (Å²) in [6, 6.07) is 11.5. The standard InChI is InChI=1S/C19H21N5/c1-6-19-18(22-13-24(19)15-2-3-15)11-14(1)17-5-4-16(12-21-17)23-9-7-20-8-10-23/h1,4-6,11-13,15,20H,2-3,7-10H2. The molecule has 122 valence electrons. The molecule has 0 radical (unpaired) electrons. The van der Waals surface area contributed by atoms with E-state index in [1.54, 1.807) is 0 Å². The van der Waals surface area contributed by atoms with Crippen molar-refractivity contribution in [1.29, 1.82) is 0 Å². The van der Waals surface area contributed by atoms with Gasteiger partial charge >= 0.3 is 0 Å². The van der Waals surface area contributed by atoms with Crippen LogP contribution < -0.4 is 10.2 Å². The maximum atomic E-state index is 4.69. The Hall–Kier alpha value is -2.40. The monoisotopic (exact) mass is 319 g/mol. The fourth-order valence-electron chi connectivity index (χ4n) is 3.50. The quantitative estimate of drug-likeness (QED) is 0.806. The van der Waals surface area contributed by atoms with Gasteiger partial charge in [0.25, 0.3) is 0 Å². The third-order valence-corrected chi connectivity index (χ3v) is 5.04. The van der Waals surface area contributed by atoms with E-state index in [-0.39, 0.29) is 0 Å². The molecule has 5 nitrogen and oxygen atoms in total. The number of rotatable bonds is 3. The molecular weight excluding hydrogens is 298 g/mol. The number of hydrogen-bond acceptors (Lipinski definition) is 4. The van der Waals surface area contributed by atoms with Crippen LogP contribution in [0, 0.1) is 0 Å². The number of imidazole rings is 1. The van der Waals surface area contributed by atoms with Crippen LogP contribution in [0.5, 0.6) is 0 Å². The number of piperazine rings is 1. The van der Waals surface area contributed by atoms with E-state index in [0.717, 1.165) is 43.0 Å². The number of hydrogen-bond donors (Lipinski definition) is 1. The lowest BCUT2D eigenvalue weighted by molar-refractivity contribution is 0.589. The molecule has 2 fully saturated rings. The van der Waals surface area contributed by atoms with E-state index in [1.165, 1.54) is 24.0 Å². The van der Waals surface area contributed by atoms with E-state index in [1.807, 2.05) is 12.5 Å². The molecule has 1 aliphatic carbocycles. The van der Waals surface area contributed by atoms with Crippen LogP contribution >= 0.6 is 0 Å². The number of pyridine rings is 1. The summed E-state index contributed by atoms with van der Waals surface area (Å²) in [5, 5.41) is 3.38. The first-order valence-electron chi connectivity index (χ1n) is 8.77. The lowest BCUT2D eigenvalue weighted by Gasteiger charge is -2.29. The number of nitrogens with one attached hydrogen (secondary N) is 1. The van der Waals surface area contributed by atoms with Gasteiger partial charge in [-0.3, -0.25) is 4.98 Å². The van der Waals surface area contributed by atoms with Crippen LogP contribution in [-0.2, 0) is 0 Å². The van der Waals surface area contributed by atoms with E-state index < -0.39 is 0 Å². The van der Waals surface area contributed by atoms with Gasteiger partial charge in [0.15, 0.2) is 0 Å². The summed E-state index contributed by atoms with van der Waals surface area (Å²) in [6.07, 6.45) is 6.53. The molecule has 1 aromatic carbocycles. The SMILES string of the molecule is c1cc2c(cc1-c1ccc(N3CCNCC3)cn1)ncn2C1CC1. The molecule has 24 heavy (non-hydrogen) atoms. The predicted octanol–water partition coefficient (Wildman–Crippen LogP) is 2.84. The number of fused-ring (bicyclic) bond motifs is 1. The van der Waals surface area contributed by atoms with Gasteiger partial charge in [0.2, 0.25) is 0 Å². The first-order chi connectivity index (χ1) is 11.9. The summed E-state index contributed by atoms with van der Waals surface area (Å²) < 4.78 is 2.31. The Labute approximate surface area is 141 Å². The summed E-state index contributed by atoms with van der Waals surface area (Å²) in [6.45, 7) is 4.18. The van der Waals surface area contributed by atoms with Crippen LogP contribution in [0.25, 0.3) is 22.3 Å². The van der Waals surface area contributed by atoms with Crippen LogP contribution in [0.2, 0.25) is 0 Å². The summed E-state index contributed by atoms with van der Waals surface area (Å²) in [5.41, 5.74) is 5.65. The number of benzene rings is 1. The molecule has 0 atom stereocenters. The molecule has 0 amide bonds. The molecule has 3 aromatic rings. The van der Waals surface area contributed by atoms with Crippen LogP contribution in [0.15, 0.2) is 42.9 Å². The van der Waals surface area contributed by atoms with Crippen LogP contribution in [0.1, 0.15) is 18.9 Å². The Morgan fingerprint density at radius 1 is 1.00 bits per heavy atom. The molecule has 1 saturated heterocycles. The van der Waals surface area contributed by atoms with Crippen LogP contribution in [0.3, 0.4) is 0 Å². The third kappa shape index (κ3) is 2.45. The molecule has 0 spiro atoms. The lowest BCUT2D eigenvalue weighted by atomic mass is 10.1. The molecule has 1 aliphatic heterocycles. The first-order valence-corrected chi connectivity index (χ1v) is 8.77. The number of aromatic nitrogens is 3. The molecule has 0 unspecified atom stereocenters. The Morgan fingerprint density at radius 2 is 1.88 bits per heavy atom. The minimum Gasteiger partial charge on any atom is -0.368 e. The fourth-order valence-corrected chi connectivity index (χ4v) is 3.50. The van der Waals surface area contributed by atoms with E-state index in [0.29, 0.717) is 6.04 Å². The van der Waals surface area contributed by atoms with Gasteiger partial charge in [-0.2, -0.15) is 0 Å². The maximum absolute atomic E-state index is 4.69. The second-order valence-corrected chi connectivity index (χ2v) is 6.73. The highest BCUT2D eigenvalue weighted by molar-refractivity contribution is 5.81. The Balaban J connectivity index is 1.44. The zero-order valence-corrected chi connectivity index (χ0v) is 13.7. The van der Waals surface area contributed by atoms with Gasteiger partial charge in [0.05, 0.1) is 34.9 Å². The highest BCUT2D eigenvalue weighted by Crippen LogP contribution is 2.37. The van der Waals surface area contributed by atoms with Crippen molar-refractivity contribution >= 4 is 16.7 Å². The lowest BCUT2D eigenvalue weighted by Crippen LogP contribution is -2.43. The fraction of sp³-hybridized carbons (Fsp3) is 0.368. The zero-order chi connectivity index (χ0) is 15.9. The molecule has 5 rings (SSSR count). The van der Waals surface area contributed by atoms with Crippen molar-refractivity contribution < 1.29 is 0 Å². The largest absolute Gasteiger partial charge is 0.368 e. The van der Waals surface area contributed by atoms with Gasteiger partial charge < -0.3 is 14.8 Å². The predicted molar refractivity (Wildman–Crippen MR) is 96.3 cm³/mol. The van der Waals surface area contributed by atoms with Crippen molar-refractivity contribution in [2.75, 3.05) is 31.1 Å². The van der Waals surface area contributed by atoms with Crippen LogP contribution in [-0.4, -0.2) is 40.7 Å². The van der Waals surface area contributed by atoms with Gasteiger partial charge in [0, 0.05) is 37.8 Å². The van der Waals surface area contributed by atoms with Gasteiger partial charge in [-0.1, -0.05) is 6.07 Å². The molecule has 2 aromatic heterocycles. The second kappa shape index (κ2) is 5.60. The second-order valence-electron chi connectivity index (χ2n) is 6.73. The Bertz CT molecular complexity index is 857. The Morgan fingerprint density at radius 3 is 2.62 bits per heavy atom. The Kier molecular flexibility index (Phi) is 3.26. The minimum absolute atomic E-state index is 0.664. The minimum atomic E-state index is 0.664. The third-order valence-electron chi connectivity index (χ3n) is 5.04. The summed E-state index contributed by atoms with van der Waals surface area (Å²) in [7, 11) is 0. The molecule has 3 heterocycles. The summed E-state index contributed by atoms with van der Waals surface area (Å²) in [4.78, 5) is 11.6. The van der Waals surface area contributed by atoms with E-state index in [2.05, 4.69) is 55.1 Å². The van der Waals surface area contributed by atoms with Gasteiger partial charge in [-0.15, -0.1) is 0 Å². The smallest absolute Gasteiger partial charge is 0.0960 e. The van der Waals surface area contributed by atoms with Gasteiger partial charge in [0.1, 0.15) is 0 Å². The van der Waals surface area contributed by atoms with Crippen molar-refractivity contribution in [2.24, 2.45) is 0 Å². The van der Waals surface area contributed by atoms with E-state index in [4.69, 9.17) is 0 Å². The van der Waals surface area contributed by atoms with Crippen molar-refractivity contribution in [3.63, 3.8) is 0 Å². The van der Waals surface area contributed by atoms with Crippen LogP contribution in [0.4, 0.5) is 5.69 Å². The van der Waals surface area contributed by atoms with Crippen molar-refractivity contribution in [1.82, 2.24) is 19.9 Å². The highest BCUT2D eigenvalue weighted by atomic mass is 15.2. The first kappa shape index (κ1) is 14.0. The number of nitrogens with zero attached hydrogens (tertiary/aromatic N) is 4. The average Bonchev–Trinajstić information content (AvgIpc) is 3.41. The summed E-state index contributed by atoms with van der Waals surface area (Å²) in [5.74, 6) is 0.